The summed E-state index contributed by atoms with van der Waals surface area (Å²) in [6.07, 6.45) is 0.841. The second-order valence-electron chi connectivity index (χ2n) is 3.77. The summed E-state index contributed by atoms with van der Waals surface area (Å²) in [6.45, 7) is -0.269. The number of benzene rings is 1. The summed E-state index contributed by atoms with van der Waals surface area (Å²) in [6, 6.07) is 7.27. The third-order valence-electron chi connectivity index (χ3n) is 2.31. The van der Waals surface area contributed by atoms with Crippen molar-refractivity contribution in [1.82, 2.24) is 4.90 Å². The Morgan fingerprint density at radius 2 is 2.12 bits per heavy atom. The fraction of sp³-hybridized carbons (Fsp3) is 0.333. The van der Waals surface area contributed by atoms with E-state index < -0.39 is 5.97 Å². The molecule has 92 valence electrons. The zero-order chi connectivity index (χ0) is 12.8. The SMILES string of the molecule is CN(CC(=O)O)C(=O)CCc1cccc(Cl)c1. The molecular formula is C12H14ClNO3. The van der Waals surface area contributed by atoms with E-state index in [0.717, 1.165) is 5.56 Å². The summed E-state index contributed by atoms with van der Waals surface area (Å²) in [5, 5.41) is 9.18. The molecule has 0 aliphatic rings. The summed E-state index contributed by atoms with van der Waals surface area (Å²) in [5.74, 6) is -1.20. The smallest absolute Gasteiger partial charge is 0.323 e. The van der Waals surface area contributed by atoms with Crippen LogP contribution in [0.25, 0.3) is 0 Å². The van der Waals surface area contributed by atoms with Gasteiger partial charge in [0.15, 0.2) is 0 Å². The Labute approximate surface area is 105 Å². The van der Waals surface area contributed by atoms with Gasteiger partial charge in [0.2, 0.25) is 5.91 Å². The number of amides is 1. The maximum absolute atomic E-state index is 11.6. The Hall–Kier alpha value is -1.55. The number of carbonyl (C=O) groups is 2. The lowest BCUT2D eigenvalue weighted by Crippen LogP contribution is -2.32. The summed E-state index contributed by atoms with van der Waals surface area (Å²) >= 11 is 5.82. The van der Waals surface area contributed by atoms with Gasteiger partial charge < -0.3 is 10.0 Å². The Morgan fingerprint density at radius 1 is 1.41 bits per heavy atom. The van der Waals surface area contributed by atoms with Crippen molar-refractivity contribution >= 4 is 23.5 Å². The molecule has 5 heteroatoms. The van der Waals surface area contributed by atoms with Gasteiger partial charge in [-0.3, -0.25) is 9.59 Å². The van der Waals surface area contributed by atoms with Crippen LogP contribution in [-0.4, -0.2) is 35.5 Å². The summed E-state index contributed by atoms with van der Waals surface area (Å²) in [7, 11) is 1.48. The molecule has 0 aromatic heterocycles. The molecular weight excluding hydrogens is 242 g/mol. The van der Waals surface area contributed by atoms with Gasteiger partial charge in [-0.2, -0.15) is 0 Å². The highest BCUT2D eigenvalue weighted by Crippen LogP contribution is 2.12. The van der Waals surface area contributed by atoms with Crippen molar-refractivity contribution in [1.29, 1.82) is 0 Å². The molecule has 0 aliphatic carbocycles. The molecule has 1 N–H and O–H groups in total. The number of carboxylic acids is 1. The second kappa shape index (κ2) is 6.25. The lowest BCUT2D eigenvalue weighted by molar-refractivity contribution is -0.143. The van der Waals surface area contributed by atoms with E-state index >= 15 is 0 Å². The van der Waals surface area contributed by atoms with Crippen LogP contribution in [0.1, 0.15) is 12.0 Å². The van der Waals surface area contributed by atoms with Gasteiger partial charge in [0.05, 0.1) is 0 Å². The Kier molecular flexibility index (Phi) is 4.97. The zero-order valence-corrected chi connectivity index (χ0v) is 10.3. The molecule has 1 rings (SSSR count). The van der Waals surface area contributed by atoms with Crippen LogP contribution in [0.4, 0.5) is 0 Å². The van der Waals surface area contributed by atoms with Crippen LogP contribution in [0.5, 0.6) is 0 Å². The molecule has 0 bridgehead atoms. The number of hydrogen-bond donors (Lipinski definition) is 1. The Balaban J connectivity index is 2.45. The van der Waals surface area contributed by atoms with Crippen molar-refractivity contribution in [3.05, 3.63) is 34.9 Å². The van der Waals surface area contributed by atoms with E-state index in [4.69, 9.17) is 16.7 Å². The average Bonchev–Trinajstić information content (AvgIpc) is 2.25. The molecule has 4 nitrogen and oxygen atoms in total. The van der Waals surface area contributed by atoms with Crippen molar-refractivity contribution in [2.24, 2.45) is 0 Å². The minimum Gasteiger partial charge on any atom is -0.480 e. The fourth-order valence-corrected chi connectivity index (χ4v) is 1.64. The van der Waals surface area contributed by atoms with Crippen molar-refractivity contribution in [3.63, 3.8) is 0 Å². The molecule has 0 unspecified atom stereocenters. The van der Waals surface area contributed by atoms with Crippen LogP contribution in [0, 0.1) is 0 Å². The first kappa shape index (κ1) is 13.5. The van der Waals surface area contributed by atoms with Gasteiger partial charge in [-0.1, -0.05) is 23.7 Å². The van der Waals surface area contributed by atoms with Crippen LogP contribution < -0.4 is 0 Å². The van der Waals surface area contributed by atoms with Gasteiger partial charge in [-0.15, -0.1) is 0 Å². The predicted molar refractivity (Wildman–Crippen MR) is 65.0 cm³/mol. The number of halogens is 1. The second-order valence-corrected chi connectivity index (χ2v) is 4.21. The Morgan fingerprint density at radius 3 is 2.71 bits per heavy atom. The maximum atomic E-state index is 11.6. The molecule has 1 aromatic carbocycles. The van der Waals surface area contributed by atoms with E-state index in [2.05, 4.69) is 0 Å². The van der Waals surface area contributed by atoms with Gasteiger partial charge >= 0.3 is 5.97 Å². The van der Waals surface area contributed by atoms with Crippen molar-refractivity contribution < 1.29 is 14.7 Å². The first-order valence-electron chi connectivity index (χ1n) is 5.19. The lowest BCUT2D eigenvalue weighted by atomic mass is 10.1. The van der Waals surface area contributed by atoms with Crippen molar-refractivity contribution in [2.45, 2.75) is 12.8 Å². The third-order valence-corrected chi connectivity index (χ3v) is 2.55. The number of likely N-dealkylation sites (N-methyl/N-ethyl adjacent to an activating group) is 1. The van der Waals surface area contributed by atoms with E-state index in [1.807, 2.05) is 12.1 Å². The van der Waals surface area contributed by atoms with E-state index in [9.17, 15) is 9.59 Å². The number of rotatable bonds is 5. The molecule has 1 aromatic rings. The maximum Gasteiger partial charge on any atom is 0.323 e. The number of carbonyl (C=O) groups excluding carboxylic acids is 1. The van der Waals surface area contributed by atoms with E-state index in [0.29, 0.717) is 11.4 Å². The quantitative estimate of drug-likeness (QED) is 0.873. The van der Waals surface area contributed by atoms with Gasteiger partial charge in [-0.05, 0) is 24.1 Å². The van der Waals surface area contributed by atoms with Gasteiger partial charge in [0, 0.05) is 18.5 Å². The fourth-order valence-electron chi connectivity index (χ4n) is 1.43. The number of aryl methyl sites for hydroxylation is 1. The summed E-state index contributed by atoms with van der Waals surface area (Å²) < 4.78 is 0. The van der Waals surface area contributed by atoms with Crippen molar-refractivity contribution in [3.8, 4) is 0 Å². The van der Waals surface area contributed by atoms with Gasteiger partial charge in [-0.25, -0.2) is 0 Å². The van der Waals surface area contributed by atoms with Crippen molar-refractivity contribution in [2.75, 3.05) is 13.6 Å². The van der Waals surface area contributed by atoms with Crippen LogP contribution >= 0.6 is 11.6 Å². The number of aliphatic carboxylic acids is 1. The van der Waals surface area contributed by atoms with Crippen LogP contribution in [0.2, 0.25) is 5.02 Å². The third kappa shape index (κ3) is 4.87. The highest BCUT2D eigenvalue weighted by Gasteiger charge is 2.11. The molecule has 0 spiro atoms. The average molecular weight is 256 g/mol. The molecule has 0 saturated heterocycles. The standard InChI is InChI=1S/C12H14ClNO3/c1-14(8-12(16)17)11(15)6-5-9-3-2-4-10(13)7-9/h2-4,7H,5-6,8H2,1H3,(H,16,17). The molecule has 0 aliphatic heterocycles. The molecule has 0 fully saturated rings. The van der Waals surface area contributed by atoms with Crippen LogP contribution in [0.15, 0.2) is 24.3 Å². The van der Waals surface area contributed by atoms with Crippen LogP contribution in [-0.2, 0) is 16.0 Å². The first-order valence-corrected chi connectivity index (χ1v) is 5.57. The highest BCUT2D eigenvalue weighted by atomic mass is 35.5. The van der Waals surface area contributed by atoms with Crippen LogP contribution in [0.3, 0.4) is 0 Å². The number of carboxylic acid groups (broad SMARTS) is 1. The normalized spacial score (nSPS) is 10.0. The van der Waals surface area contributed by atoms with E-state index in [-0.39, 0.29) is 18.9 Å². The topological polar surface area (TPSA) is 57.6 Å². The monoisotopic (exact) mass is 255 g/mol. The summed E-state index contributed by atoms with van der Waals surface area (Å²) in [5.41, 5.74) is 0.967. The van der Waals surface area contributed by atoms with E-state index in [1.54, 1.807) is 12.1 Å². The molecule has 1 amide bonds. The lowest BCUT2D eigenvalue weighted by Gasteiger charge is -2.14. The molecule has 0 radical (unpaired) electrons. The minimum absolute atomic E-state index is 0.188. The predicted octanol–water partition coefficient (Wildman–Crippen LogP) is 1.82. The highest BCUT2D eigenvalue weighted by molar-refractivity contribution is 6.30. The molecule has 0 heterocycles. The van der Waals surface area contributed by atoms with Gasteiger partial charge in [0.25, 0.3) is 0 Å². The number of hydrogen-bond acceptors (Lipinski definition) is 2. The summed E-state index contributed by atoms with van der Waals surface area (Å²) in [4.78, 5) is 23.2. The minimum atomic E-state index is -1.01. The number of nitrogens with zero attached hydrogens (tertiary/aromatic N) is 1. The molecule has 17 heavy (non-hydrogen) atoms. The zero-order valence-electron chi connectivity index (χ0n) is 9.52. The van der Waals surface area contributed by atoms with Gasteiger partial charge in [0.1, 0.15) is 6.54 Å². The first-order chi connectivity index (χ1) is 7.99. The van der Waals surface area contributed by atoms with E-state index in [1.165, 1.54) is 11.9 Å². The largest absolute Gasteiger partial charge is 0.480 e. The molecule has 0 saturated carbocycles. The molecule has 0 atom stereocenters. The Bertz CT molecular complexity index is 420.